The van der Waals surface area contributed by atoms with Crippen LogP contribution in [0.15, 0.2) is 53.5 Å². The van der Waals surface area contributed by atoms with Gasteiger partial charge in [-0.3, -0.25) is 4.99 Å². The molecule has 0 saturated carbocycles. The average Bonchev–Trinajstić information content (AvgIpc) is 2.92. The van der Waals surface area contributed by atoms with Gasteiger partial charge in [-0.25, -0.2) is 0 Å². The zero-order valence-electron chi connectivity index (χ0n) is 10.5. The topological polar surface area (TPSA) is 24.4 Å². The van der Waals surface area contributed by atoms with Crippen molar-refractivity contribution in [2.24, 2.45) is 4.99 Å². The third kappa shape index (κ3) is 3.11. The number of nitrogens with zero attached hydrogens (tertiary/aromatic N) is 1. The van der Waals surface area contributed by atoms with Crippen molar-refractivity contribution in [1.82, 2.24) is 0 Å². The Morgan fingerprint density at radius 3 is 2.60 bits per heavy atom. The monoisotopic (exact) mass is 322 g/mol. The molecule has 0 fully saturated rings. The summed E-state index contributed by atoms with van der Waals surface area (Å²) >= 11 is 13.6. The largest absolute Gasteiger partial charge is 0.335 e. The molecule has 0 bridgehead atoms. The molecule has 5 heteroatoms. The molecule has 1 aliphatic heterocycles. The van der Waals surface area contributed by atoms with Crippen LogP contribution >= 0.6 is 35.0 Å². The summed E-state index contributed by atoms with van der Waals surface area (Å²) in [5.41, 5.74) is 2.14. The predicted octanol–water partition coefficient (Wildman–Crippen LogP) is 5.25. The lowest BCUT2D eigenvalue weighted by Crippen LogP contribution is -2.04. The van der Waals surface area contributed by atoms with Crippen LogP contribution in [0.2, 0.25) is 10.0 Å². The number of aliphatic imine (C=N–C) groups is 1. The van der Waals surface area contributed by atoms with Gasteiger partial charge in [-0.2, -0.15) is 0 Å². The van der Waals surface area contributed by atoms with Gasteiger partial charge in [0.25, 0.3) is 0 Å². The molecule has 2 aromatic carbocycles. The quantitative estimate of drug-likeness (QED) is 0.816. The molecule has 0 saturated heterocycles. The molecule has 1 unspecified atom stereocenters. The van der Waals surface area contributed by atoms with E-state index in [4.69, 9.17) is 28.2 Å². The molecule has 2 aromatic rings. The number of anilines is 1. The van der Waals surface area contributed by atoms with Gasteiger partial charge < -0.3 is 5.32 Å². The van der Waals surface area contributed by atoms with Gasteiger partial charge in [-0.05, 0) is 23.8 Å². The van der Waals surface area contributed by atoms with Crippen LogP contribution < -0.4 is 5.32 Å². The Labute approximate surface area is 132 Å². The number of halogens is 2. The lowest BCUT2D eigenvalue weighted by Gasteiger charge is -2.06. The second kappa shape index (κ2) is 6.08. The normalized spacial score (nSPS) is 17.9. The van der Waals surface area contributed by atoms with E-state index in [-0.39, 0.29) is 6.04 Å². The smallest absolute Gasteiger partial charge is 0.161 e. The highest BCUT2D eigenvalue weighted by atomic mass is 35.5. The van der Waals surface area contributed by atoms with Crippen molar-refractivity contribution < 1.29 is 0 Å². The minimum Gasteiger partial charge on any atom is -0.335 e. The van der Waals surface area contributed by atoms with Gasteiger partial charge in [0, 0.05) is 11.4 Å². The lowest BCUT2D eigenvalue weighted by molar-refractivity contribution is 0.849. The third-order valence-electron chi connectivity index (χ3n) is 3.01. The number of amidine groups is 1. The predicted molar refractivity (Wildman–Crippen MR) is 89.2 cm³/mol. The summed E-state index contributed by atoms with van der Waals surface area (Å²) in [6.45, 7) is 0. The van der Waals surface area contributed by atoms with Gasteiger partial charge in [-0.15, -0.1) is 0 Å². The van der Waals surface area contributed by atoms with Crippen molar-refractivity contribution in [3.05, 3.63) is 64.1 Å². The summed E-state index contributed by atoms with van der Waals surface area (Å²) in [5, 5.41) is 5.29. The number of nitrogens with one attached hydrogen (secondary N) is 1. The first-order chi connectivity index (χ1) is 9.72. The molecule has 2 nitrogen and oxygen atoms in total. The number of thioether (sulfide) groups is 1. The summed E-state index contributed by atoms with van der Waals surface area (Å²) < 4.78 is 0. The van der Waals surface area contributed by atoms with Crippen LogP contribution in [0.5, 0.6) is 0 Å². The van der Waals surface area contributed by atoms with Crippen LogP contribution in [0, 0.1) is 0 Å². The Morgan fingerprint density at radius 2 is 1.85 bits per heavy atom. The van der Waals surface area contributed by atoms with E-state index >= 15 is 0 Å². The van der Waals surface area contributed by atoms with E-state index in [0.717, 1.165) is 16.6 Å². The second-order valence-corrected chi connectivity index (χ2v) is 6.25. The summed E-state index contributed by atoms with van der Waals surface area (Å²) in [7, 11) is 0. The van der Waals surface area contributed by atoms with Gasteiger partial charge in [0.2, 0.25) is 0 Å². The fraction of sp³-hybridized carbons (Fsp3) is 0.133. The molecule has 1 N–H and O–H groups in total. The first-order valence-corrected chi connectivity index (χ1v) is 7.94. The maximum absolute atomic E-state index is 6.01. The minimum absolute atomic E-state index is 0.214. The first kappa shape index (κ1) is 13.8. The minimum atomic E-state index is 0.214. The zero-order chi connectivity index (χ0) is 13.9. The Morgan fingerprint density at radius 1 is 1.05 bits per heavy atom. The Kier molecular flexibility index (Phi) is 4.20. The average molecular weight is 323 g/mol. The van der Waals surface area contributed by atoms with E-state index in [2.05, 4.69) is 17.4 Å². The number of hydrogen-bond donors (Lipinski definition) is 1. The van der Waals surface area contributed by atoms with Crippen molar-refractivity contribution in [3.63, 3.8) is 0 Å². The molecule has 0 aliphatic carbocycles. The highest BCUT2D eigenvalue weighted by molar-refractivity contribution is 8.14. The van der Waals surface area contributed by atoms with Gasteiger partial charge in [0.1, 0.15) is 0 Å². The molecule has 20 heavy (non-hydrogen) atoms. The standard InChI is InChI=1S/C15H12Cl2N2S/c16-12-7-6-11(8-13(12)17)18-15-19-14(9-20-15)10-4-2-1-3-5-10/h1-8,14H,9H2,(H,18,19). The van der Waals surface area contributed by atoms with Crippen LogP contribution in [-0.4, -0.2) is 10.9 Å². The molecule has 0 spiro atoms. The van der Waals surface area contributed by atoms with E-state index in [0.29, 0.717) is 10.0 Å². The van der Waals surface area contributed by atoms with Crippen LogP contribution in [-0.2, 0) is 0 Å². The van der Waals surface area contributed by atoms with Crippen LogP contribution in [0.1, 0.15) is 11.6 Å². The van der Waals surface area contributed by atoms with E-state index in [1.54, 1.807) is 17.8 Å². The van der Waals surface area contributed by atoms with E-state index in [1.807, 2.05) is 30.3 Å². The fourth-order valence-corrected chi connectivity index (χ4v) is 3.26. The maximum Gasteiger partial charge on any atom is 0.161 e. The Bertz CT molecular complexity index is 644. The molecule has 0 amide bonds. The summed E-state index contributed by atoms with van der Waals surface area (Å²) in [4.78, 5) is 4.70. The Balaban J connectivity index is 1.74. The second-order valence-electron chi connectivity index (χ2n) is 4.43. The van der Waals surface area contributed by atoms with Crippen molar-refractivity contribution in [3.8, 4) is 0 Å². The van der Waals surface area contributed by atoms with Gasteiger partial charge >= 0.3 is 0 Å². The fourth-order valence-electron chi connectivity index (χ4n) is 1.99. The third-order valence-corrected chi connectivity index (χ3v) is 4.71. The first-order valence-electron chi connectivity index (χ1n) is 6.20. The Hall–Kier alpha value is -1.16. The van der Waals surface area contributed by atoms with Crippen molar-refractivity contribution in [2.45, 2.75) is 6.04 Å². The van der Waals surface area contributed by atoms with Gasteiger partial charge in [0.05, 0.1) is 16.1 Å². The molecular weight excluding hydrogens is 311 g/mol. The highest BCUT2D eigenvalue weighted by Gasteiger charge is 2.19. The van der Waals surface area contributed by atoms with E-state index in [9.17, 15) is 0 Å². The van der Waals surface area contributed by atoms with Crippen molar-refractivity contribution >= 4 is 45.8 Å². The van der Waals surface area contributed by atoms with Crippen LogP contribution in [0.4, 0.5) is 5.69 Å². The van der Waals surface area contributed by atoms with Crippen molar-refractivity contribution in [2.75, 3.05) is 11.1 Å². The van der Waals surface area contributed by atoms with E-state index < -0.39 is 0 Å². The molecule has 3 rings (SSSR count). The van der Waals surface area contributed by atoms with Gasteiger partial charge in [0.15, 0.2) is 5.17 Å². The summed E-state index contributed by atoms with van der Waals surface area (Å²) in [6.07, 6.45) is 0. The maximum atomic E-state index is 6.01. The summed E-state index contributed by atoms with van der Waals surface area (Å²) in [5.74, 6) is 0.952. The number of benzene rings is 2. The molecule has 0 radical (unpaired) electrons. The molecular formula is C15H12Cl2N2S. The number of rotatable bonds is 2. The lowest BCUT2D eigenvalue weighted by atomic mass is 10.1. The highest BCUT2D eigenvalue weighted by Crippen LogP contribution is 2.32. The number of hydrogen-bond acceptors (Lipinski definition) is 3. The van der Waals surface area contributed by atoms with Crippen LogP contribution in [0.25, 0.3) is 0 Å². The molecule has 1 atom stereocenters. The molecule has 102 valence electrons. The SMILES string of the molecule is Clc1ccc(NC2=NC(c3ccccc3)CS2)cc1Cl. The molecule has 0 aromatic heterocycles. The summed E-state index contributed by atoms with van der Waals surface area (Å²) in [6, 6.07) is 16.0. The zero-order valence-corrected chi connectivity index (χ0v) is 12.8. The van der Waals surface area contributed by atoms with E-state index in [1.165, 1.54) is 5.56 Å². The molecule has 1 aliphatic rings. The molecule has 1 heterocycles. The van der Waals surface area contributed by atoms with Crippen LogP contribution in [0.3, 0.4) is 0 Å². The van der Waals surface area contributed by atoms with Gasteiger partial charge in [-0.1, -0.05) is 65.3 Å². The van der Waals surface area contributed by atoms with Crippen molar-refractivity contribution in [1.29, 1.82) is 0 Å².